The van der Waals surface area contributed by atoms with Crippen molar-refractivity contribution in [2.45, 2.75) is 13.3 Å². The minimum atomic E-state index is -0.331. The van der Waals surface area contributed by atoms with Crippen LogP contribution in [0.25, 0.3) is 11.4 Å². The van der Waals surface area contributed by atoms with Crippen molar-refractivity contribution in [1.82, 2.24) is 30.2 Å². The van der Waals surface area contributed by atoms with Gasteiger partial charge in [-0.05, 0) is 18.2 Å². The fourth-order valence-electron chi connectivity index (χ4n) is 2.99. The van der Waals surface area contributed by atoms with Crippen molar-refractivity contribution >= 4 is 11.7 Å². The van der Waals surface area contributed by atoms with Gasteiger partial charge in [0.25, 0.3) is 11.5 Å². The summed E-state index contributed by atoms with van der Waals surface area (Å²) in [5, 5.41) is 10.0. The van der Waals surface area contributed by atoms with Crippen LogP contribution in [0, 0.1) is 0 Å². The highest BCUT2D eigenvalue weighted by Gasteiger charge is 2.24. The number of pyridine rings is 1. The highest BCUT2D eigenvalue weighted by atomic mass is 16.5. The summed E-state index contributed by atoms with van der Waals surface area (Å²) in [6, 6.07) is 6.57. The molecule has 28 heavy (non-hydrogen) atoms. The van der Waals surface area contributed by atoms with Crippen molar-refractivity contribution < 1.29 is 9.32 Å². The Kier molecular flexibility index (Phi) is 4.83. The molecule has 10 nitrogen and oxygen atoms in total. The predicted octanol–water partition coefficient (Wildman–Crippen LogP) is 0.740. The van der Waals surface area contributed by atoms with Gasteiger partial charge in [-0.25, -0.2) is 10.1 Å². The van der Waals surface area contributed by atoms with Crippen molar-refractivity contribution in [3.63, 3.8) is 0 Å². The summed E-state index contributed by atoms with van der Waals surface area (Å²) in [4.78, 5) is 36.2. The number of rotatable bonds is 4. The Morgan fingerprint density at radius 3 is 2.61 bits per heavy atom. The second-order valence-corrected chi connectivity index (χ2v) is 6.36. The fraction of sp³-hybridized carbons (Fsp3) is 0.333. The van der Waals surface area contributed by atoms with Crippen molar-refractivity contribution in [1.29, 1.82) is 0 Å². The van der Waals surface area contributed by atoms with Crippen LogP contribution < -0.4 is 10.5 Å². The lowest BCUT2D eigenvalue weighted by molar-refractivity contribution is 0.0739. The molecule has 0 bridgehead atoms. The molecule has 0 aromatic carbocycles. The summed E-state index contributed by atoms with van der Waals surface area (Å²) in [5.41, 5.74) is 0.704. The Labute approximate surface area is 160 Å². The standard InChI is InChI=1S/C18H19N7O3/c1-2-16-20-17(23-28-16)12-3-5-14(19-11-12)24-7-9-25(10-8-24)18(27)13-4-6-15(26)22-21-13/h3-6,11H,2,7-10H2,1H3,(H,22,26). The number of aromatic amines is 1. The molecule has 10 heteroatoms. The number of nitrogens with one attached hydrogen (secondary N) is 1. The summed E-state index contributed by atoms with van der Waals surface area (Å²) in [6.07, 6.45) is 2.41. The minimum absolute atomic E-state index is 0.192. The van der Waals surface area contributed by atoms with Gasteiger partial charge in [0.15, 0.2) is 0 Å². The number of carbonyl (C=O) groups is 1. The monoisotopic (exact) mass is 381 g/mol. The summed E-state index contributed by atoms with van der Waals surface area (Å²) in [6.45, 7) is 4.37. The number of aromatic nitrogens is 5. The second kappa shape index (κ2) is 7.59. The number of hydrogen-bond donors (Lipinski definition) is 1. The van der Waals surface area contributed by atoms with Gasteiger partial charge in [-0.2, -0.15) is 10.1 Å². The van der Waals surface area contributed by atoms with Gasteiger partial charge in [0, 0.05) is 50.4 Å². The van der Waals surface area contributed by atoms with Gasteiger partial charge < -0.3 is 14.3 Å². The van der Waals surface area contributed by atoms with E-state index < -0.39 is 0 Å². The van der Waals surface area contributed by atoms with E-state index in [2.05, 4.69) is 30.2 Å². The Morgan fingerprint density at radius 2 is 2.00 bits per heavy atom. The summed E-state index contributed by atoms with van der Waals surface area (Å²) in [5.74, 6) is 1.76. The molecule has 3 aromatic rings. The minimum Gasteiger partial charge on any atom is -0.353 e. The molecular formula is C18H19N7O3. The predicted molar refractivity (Wildman–Crippen MR) is 99.9 cm³/mol. The van der Waals surface area contributed by atoms with Crippen LogP contribution in [-0.4, -0.2) is 62.3 Å². The molecule has 4 rings (SSSR count). The first-order chi connectivity index (χ1) is 13.6. The quantitative estimate of drug-likeness (QED) is 0.702. The lowest BCUT2D eigenvalue weighted by Crippen LogP contribution is -2.49. The van der Waals surface area contributed by atoms with Crippen LogP contribution in [0.5, 0.6) is 0 Å². The molecule has 3 aromatic heterocycles. The zero-order valence-corrected chi connectivity index (χ0v) is 15.3. The molecule has 1 fully saturated rings. The number of piperazine rings is 1. The molecule has 1 aliphatic rings. The largest absolute Gasteiger partial charge is 0.353 e. The molecule has 0 saturated carbocycles. The number of carbonyl (C=O) groups excluding carboxylic acids is 1. The average molecular weight is 381 g/mol. The van der Waals surface area contributed by atoms with Crippen molar-refractivity contribution in [2.24, 2.45) is 0 Å². The maximum Gasteiger partial charge on any atom is 0.274 e. The number of anilines is 1. The van der Waals surface area contributed by atoms with Crippen LogP contribution >= 0.6 is 0 Å². The summed E-state index contributed by atoms with van der Waals surface area (Å²) < 4.78 is 5.13. The van der Waals surface area contributed by atoms with E-state index in [0.29, 0.717) is 44.3 Å². The van der Waals surface area contributed by atoms with Crippen LogP contribution in [-0.2, 0) is 6.42 Å². The molecule has 0 spiro atoms. The van der Waals surface area contributed by atoms with Gasteiger partial charge in [0.05, 0.1) is 0 Å². The molecule has 1 N–H and O–H groups in total. The zero-order chi connectivity index (χ0) is 19.5. The lowest BCUT2D eigenvalue weighted by atomic mass is 10.2. The van der Waals surface area contributed by atoms with E-state index in [1.54, 1.807) is 11.1 Å². The molecule has 4 heterocycles. The number of hydrogen-bond acceptors (Lipinski definition) is 8. The molecule has 1 aliphatic heterocycles. The normalized spacial score (nSPS) is 14.3. The molecular weight excluding hydrogens is 362 g/mol. The molecule has 1 saturated heterocycles. The zero-order valence-electron chi connectivity index (χ0n) is 15.3. The Bertz CT molecular complexity index is 1000. The molecule has 0 radical (unpaired) electrons. The van der Waals surface area contributed by atoms with Crippen molar-refractivity contribution in [2.75, 3.05) is 31.1 Å². The SMILES string of the molecule is CCc1nc(-c2ccc(N3CCN(C(=O)c4ccc(=O)[nH]n4)CC3)nc2)no1. The van der Waals surface area contributed by atoms with E-state index in [-0.39, 0.29) is 17.2 Å². The van der Waals surface area contributed by atoms with Gasteiger partial charge in [-0.15, -0.1) is 0 Å². The Morgan fingerprint density at radius 1 is 1.18 bits per heavy atom. The molecule has 0 atom stereocenters. The van der Waals surface area contributed by atoms with Crippen LogP contribution in [0.4, 0.5) is 5.82 Å². The van der Waals surface area contributed by atoms with Crippen LogP contribution in [0.15, 0.2) is 39.8 Å². The maximum atomic E-state index is 12.5. The number of aryl methyl sites for hydroxylation is 1. The fourth-order valence-corrected chi connectivity index (χ4v) is 2.99. The number of H-pyrrole nitrogens is 1. The van der Waals surface area contributed by atoms with E-state index >= 15 is 0 Å². The lowest BCUT2D eigenvalue weighted by Gasteiger charge is -2.35. The number of nitrogens with zero attached hydrogens (tertiary/aromatic N) is 6. The first-order valence-electron chi connectivity index (χ1n) is 9.03. The Hall–Kier alpha value is -3.56. The van der Waals surface area contributed by atoms with E-state index in [1.165, 1.54) is 12.1 Å². The van der Waals surface area contributed by atoms with E-state index in [0.717, 1.165) is 11.4 Å². The highest BCUT2D eigenvalue weighted by Crippen LogP contribution is 2.20. The van der Waals surface area contributed by atoms with Crippen LogP contribution in [0.3, 0.4) is 0 Å². The molecule has 0 unspecified atom stereocenters. The van der Waals surface area contributed by atoms with Gasteiger partial charge in [-0.1, -0.05) is 12.1 Å². The highest BCUT2D eigenvalue weighted by molar-refractivity contribution is 5.92. The van der Waals surface area contributed by atoms with E-state index in [9.17, 15) is 9.59 Å². The molecule has 1 amide bonds. The van der Waals surface area contributed by atoms with Crippen LogP contribution in [0.1, 0.15) is 23.3 Å². The maximum absolute atomic E-state index is 12.5. The topological polar surface area (TPSA) is 121 Å². The summed E-state index contributed by atoms with van der Waals surface area (Å²) >= 11 is 0. The first-order valence-corrected chi connectivity index (χ1v) is 9.03. The number of amides is 1. The summed E-state index contributed by atoms with van der Waals surface area (Å²) in [7, 11) is 0. The van der Waals surface area contributed by atoms with Crippen molar-refractivity contribution in [3.05, 3.63) is 52.4 Å². The van der Waals surface area contributed by atoms with Gasteiger partial charge >= 0.3 is 0 Å². The third kappa shape index (κ3) is 3.61. The Balaban J connectivity index is 1.38. The van der Waals surface area contributed by atoms with Gasteiger partial charge in [0.2, 0.25) is 11.7 Å². The van der Waals surface area contributed by atoms with Gasteiger partial charge in [0.1, 0.15) is 11.5 Å². The third-order valence-electron chi connectivity index (χ3n) is 4.57. The average Bonchev–Trinajstić information content (AvgIpc) is 3.23. The van der Waals surface area contributed by atoms with Gasteiger partial charge in [-0.3, -0.25) is 9.59 Å². The molecule has 0 aliphatic carbocycles. The van der Waals surface area contributed by atoms with E-state index in [1.807, 2.05) is 19.1 Å². The van der Waals surface area contributed by atoms with E-state index in [4.69, 9.17) is 4.52 Å². The molecule has 144 valence electrons. The second-order valence-electron chi connectivity index (χ2n) is 6.36. The third-order valence-corrected chi connectivity index (χ3v) is 4.57. The van der Waals surface area contributed by atoms with Crippen LogP contribution in [0.2, 0.25) is 0 Å². The first kappa shape index (κ1) is 17.8. The van der Waals surface area contributed by atoms with Crippen molar-refractivity contribution in [3.8, 4) is 11.4 Å². The smallest absolute Gasteiger partial charge is 0.274 e.